The Morgan fingerprint density at radius 2 is 1.63 bits per heavy atom. The first-order chi connectivity index (χ1) is 19.0. The Bertz CT molecular complexity index is 1350. The van der Waals surface area contributed by atoms with Crippen molar-refractivity contribution in [2.75, 3.05) is 11.5 Å². The highest BCUT2D eigenvalue weighted by Crippen LogP contribution is 2.62. The van der Waals surface area contributed by atoms with Gasteiger partial charge in [-0.3, -0.25) is 9.36 Å². The number of hydrogen-bond acceptors (Lipinski definition) is 12. The molecule has 3 unspecified atom stereocenters. The molecule has 0 aromatic carbocycles. The molecule has 2 amide bonds. The summed E-state index contributed by atoms with van der Waals surface area (Å²) in [5.74, 6) is -1.91. The molecule has 0 bridgehead atoms. The first-order valence-corrected chi connectivity index (χ1v) is 13.6. The molecule has 2 aromatic rings. The minimum atomic E-state index is -0.984. The summed E-state index contributed by atoms with van der Waals surface area (Å²) in [5, 5.41) is 0. The Kier molecular flexibility index (Phi) is 6.82. The molecule has 4 heterocycles. The number of carbonyl (C=O) groups excluding carboxylic acids is 3. The summed E-state index contributed by atoms with van der Waals surface area (Å²) in [6.07, 6.45) is -0.824. The molecule has 2 aliphatic heterocycles. The Morgan fingerprint density at radius 3 is 2.22 bits per heavy atom. The minimum Gasteiger partial charge on any atom is -0.466 e. The summed E-state index contributed by atoms with van der Waals surface area (Å²) in [4.78, 5) is 52.9. The Balaban J connectivity index is 1.54. The van der Waals surface area contributed by atoms with E-state index in [4.69, 9.17) is 28.4 Å². The molecule has 3 fully saturated rings. The van der Waals surface area contributed by atoms with E-state index in [1.54, 1.807) is 66.9 Å². The standard InChI is InChI=1S/C27H37N5O9/c1-10-36-21(33)14-11-27(14)17-16(37-26(8,9)38-17)20(39-27)31-13-30-15-18(31)28-12-29-19(15)32(22(34)40-24(2,3)4)23(35)41-25(5,6)7/h12-14,16-17,20H,10-11H2,1-9H3/t14-,16?,17?,20?,27-/m0/s1. The summed E-state index contributed by atoms with van der Waals surface area (Å²) in [5.41, 5.74) is -2.36. The van der Waals surface area contributed by atoms with E-state index in [-0.39, 0.29) is 29.6 Å². The third kappa shape index (κ3) is 5.35. The van der Waals surface area contributed by atoms with Gasteiger partial charge >= 0.3 is 18.2 Å². The van der Waals surface area contributed by atoms with Crippen LogP contribution in [0.3, 0.4) is 0 Å². The summed E-state index contributed by atoms with van der Waals surface area (Å²) < 4.78 is 36.8. The van der Waals surface area contributed by atoms with Crippen molar-refractivity contribution >= 4 is 35.1 Å². The third-order valence-electron chi connectivity index (χ3n) is 6.73. The number of fused-ring (bicyclic) bond motifs is 3. The van der Waals surface area contributed by atoms with Gasteiger partial charge < -0.3 is 28.4 Å². The molecule has 0 radical (unpaired) electrons. The summed E-state index contributed by atoms with van der Waals surface area (Å²) in [6.45, 7) is 15.7. The van der Waals surface area contributed by atoms with Gasteiger partial charge in [0, 0.05) is 0 Å². The van der Waals surface area contributed by atoms with Gasteiger partial charge in [-0.25, -0.2) is 24.5 Å². The second-order valence-corrected chi connectivity index (χ2v) is 12.8. The monoisotopic (exact) mass is 575 g/mol. The highest BCUT2D eigenvalue weighted by molar-refractivity contribution is 6.12. The number of imidazole rings is 1. The number of ether oxygens (including phenoxy) is 6. The van der Waals surface area contributed by atoms with Crippen LogP contribution in [0.2, 0.25) is 0 Å². The molecule has 1 spiro atoms. The van der Waals surface area contributed by atoms with Gasteiger partial charge in [0.15, 0.2) is 29.0 Å². The van der Waals surface area contributed by atoms with Gasteiger partial charge in [0.2, 0.25) is 0 Å². The van der Waals surface area contributed by atoms with Crippen LogP contribution in [0.15, 0.2) is 12.7 Å². The lowest BCUT2D eigenvalue weighted by Gasteiger charge is -2.28. The van der Waals surface area contributed by atoms with Crippen LogP contribution in [0.25, 0.3) is 11.2 Å². The van der Waals surface area contributed by atoms with Crippen LogP contribution >= 0.6 is 0 Å². The fraction of sp³-hybridized carbons (Fsp3) is 0.704. The van der Waals surface area contributed by atoms with E-state index in [9.17, 15) is 14.4 Å². The maximum absolute atomic E-state index is 13.3. The zero-order valence-corrected chi connectivity index (χ0v) is 24.8. The molecule has 14 nitrogen and oxygen atoms in total. The molecular weight excluding hydrogens is 538 g/mol. The van der Waals surface area contributed by atoms with Gasteiger partial charge in [0.25, 0.3) is 0 Å². The molecule has 1 saturated carbocycles. The number of rotatable bonds is 4. The average Bonchev–Trinajstić information content (AvgIpc) is 3.06. The van der Waals surface area contributed by atoms with Crippen molar-refractivity contribution in [1.29, 1.82) is 0 Å². The van der Waals surface area contributed by atoms with Gasteiger partial charge in [0.1, 0.15) is 35.3 Å². The van der Waals surface area contributed by atoms with E-state index in [1.807, 2.05) is 0 Å². The second kappa shape index (κ2) is 9.60. The Labute approximate surface area is 237 Å². The van der Waals surface area contributed by atoms with E-state index < -0.39 is 59.1 Å². The predicted molar refractivity (Wildman–Crippen MR) is 142 cm³/mol. The van der Waals surface area contributed by atoms with Crippen LogP contribution in [0.5, 0.6) is 0 Å². The molecule has 1 aliphatic carbocycles. The van der Waals surface area contributed by atoms with Crippen molar-refractivity contribution in [1.82, 2.24) is 19.5 Å². The quantitative estimate of drug-likeness (QED) is 0.384. The minimum absolute atomic E-state index is 0.124. The fourth-order valence-electron chi connectivity index (χ4n) is 5.23. The number of anilines is 1. The highest BCUT2D eigenvalue weighted by atomic mass is 16.8. The van der Waals surface area contributed by atoms with Crippen molar-refractivity contribution in [3.8, 4) is 0 Å². The zero-order valence-electron chi connectivity index (χ0n) is 24.8. The molecule has 5 rings (SSSR count). The Morgan fingerprint density at radius 1 is 1.00 bits per heavy atom. The summed E-state index contributed by atoms with van der Waals surface area (Å²) in [7, 11) is 0. The number of carbonyl (C=O) groups is 3. The SMILES string of the molecule is CCOC(=O)[C@@H]1C[C@]12OC(n1cnc3c(N(C(=O)OC(C)(C)C)C(=O)OC(C)(C)C)ncnc31)C1OC(C)(C)OC12. The van der Waals surface area contributed by atoms with Crippen LogP contribution in [0, 0.1) is 5.92 Å². The van der Waals surface area contributed by atoms with Gasteiger partial charge in [-0.05, 0) is 68.7 Å². The Hall–Kier alpha value is -3.36. The second-order valence-electron chi connectivity index (χ2n) is 12.8. The van der Waals surface area contributed by atoms with Crippen LogP contribution in [0.4, 0.5) is 15.4 Å². The number of hydrogen-bond donors (Lipinski definition) is 0. The molecule has 41 heavy (non-hydrogen) atoms. The number of esters is 1. The lowest BCUT2D eigenvalue weighted by Crippen LogP contribution is -2.44. The van der Waals surface area contributed by atoms with E-state index in [0.29, 0.717) is 11.3 Å². The van der Waals surface area contributed by atoms with E-state index >= 15 is 0 Å². The van der Waals surface area contributed by atoms with Crippen molar-refractivity contribution < 1.29 is 42.8 Å². The van der Waals surface area contributed by atoms with Gasteiger partial charge in [-0.15, -0.1) is 0 Å². The smallest absolute Gasteiger partial charge is 0.425 e. The highest BCUT2D eigenvalue weighted by Gasteiger charge is 2.76. The fourth-order valence-corrected chi connectivity index (χ4v) is 5.23. The molecular formula is C27H37N5O9. The third-order valence-corrected chi connectivity index (χ3v) is 6.73. The van der Waals surface area contributed by atoms with Crippen molar-refractivity contribution in [2.45, 2.75) is 110 Å². The first kappa shape index (κ1) is 29.1. The predicted octanol–water partition coefficient (Wildman–Crippen LogP) is 3.87. The van der Waals surface area contributed by atoms with E-state index in [2.05, 4.69) is 15.0 Å². The largest absolute Gasteiger partial charge is 0.466 e. The molecule has 224 valence electrons. The van der Waals surface area contributed by atoms with Gasteiger partial charge in [-0.2, -0.15) is 4.90 Å². The number of imide groups is 1. The summed E-state index contributed by atoms with van der Waals surface area (Å²) in [6, 6.07) is 0. The summed E-state index contributed by atoms with van der Waals surface area (Å²) >= 11 is 0. The number of amides is 2. The van der Waals surface area contributed by atoms with Crippen molar-refractivity contribution in [3.05, 3.63) is 12.7 Å². The maximum atomic E-state index is 13.3. The van der Waals surface area contributed by atoms with E-state index in [0.717, 1.165) is 0 Å². The van der Waals surface area contributed by atoms with E-state index in [1.165, 1.54) is 12.7 Å². The number of nitrogens with zero attached hydrogens (tertiary/aromatic N) is 5. The number of aromatic nitrogens is 4. The lowest BCUT2D eigenvalue weighted by atomic mass is 10.1. The normalized spacial score (nSPS) is 28.4. The van der Waals surface area contributed by atoms with Gasteiger partial charge in [0.05, 0.1) is 18.9 Å². The molecule has 3 aliphatic rings. The van der Waals surface area contributed by atoms with Crippen LogP contribution < -0.4 is 4.90 Å². The maximum Gasteiger partial charge on any atom is 0.425 e. The topological polar surface area (TPSA) is 153 Å². The van der Waals surface area contributed by atoms with Crippen molar-refractivity contribution in [3.63, 3.8) is 0 Å². The zero-order chi connectivity index (χ0) is 30.1. The van der Waals surface area contributed by atoms with Gasteiger partial charge in [-0.1, -0.05) is 0 Å². The molecule has 2 saturated heterocycles. The van der Waals surface area contributed by atoms with Crippen molar-refractivity contribution in [2.24, 2.45) is 5.92 Å². The van der Waals surface area contributed by atoms with Crippen LogP contribution in [-0.4, -0.2) is 79.1 Å². The molecule has 2 aromatic heterocycles. The van der Waals surface area contributed by atoms with Crippen LogP contribution in [0.1, 0.15) is 75.0 Å². The van der Waals surface area contributed by atoms with Crippen LogP contribution in [-0.2, 0) is 33.2 Å². The molecule has 14 heteroatoms. The first-order valence-electron chi connectivity index (χ1n) is 13.6. The molecule has 5 atom stereocenters. The lowest BCUT2D eigenvalue weighted by molar-refractivity contribution is -0.205. The molecule has 0 N–H and O–H groups in total. The average molecular weight is 576 g/mol.